The Balaban J connectivity index is 1.83. The number of halogens is 1. The minimum absolute atomic E-state index is 0.111. The van der Waals surface area contributed by atoms with Gasteiger partial charge in [0.05, 0.1) is 5.02 Å². The number of ketones is 1. The third-order valence-corrected chi connectivity index (χ3v) is 4.30. The molecule has 1 aliphatic rings. The van der Waals surface area contributed by atoms with Crippen molar-refractivity contribution in [3.8, 4) is 0 Å². The van der Waals surface area contributed by atoms with E-state index in [0.717, 1.165) is 32.5 Å². The van der Waals surface area contributed by atoms with Gasteiger partial charge in [-0.25, -0.2) is 0 Å². The van der Waals surface area contributed by atoms with E-state index in [1.54, 1.807) is 12.1 Å². The first-order chi connectivity index (χ1) is 9.70. The van der Waals surface area contributed by atoms with Crippen molar-refractivity contribution in [2.45, 2.75) is 25.7 Å². The summed E-state index contributed by atoms with van der Waals surface area (Å²) in [6.45, 7) is 3.09. The van der Waals surface area contributed by atoms with Crippen LogP contribution in [0.15, 0.2) is 24.3 Å². The Hall–Kier alpha value is -0.900. The van der Waals surface area contributed by atoms with Gasteiger partial charge in [0.1, 0.15) is 0 Å². The molecule has 4 heteroatoms. The molecule has 1 heterocycles. The standard InChI is InChI=1S/C16H22ClNO2/c17-15-6-2-1-5-14(15)16(20)7-10-18-9-3-4-13(12-18)8-11-19/h1-2,5-6,13,19H,3-4,7-12H2. The molecule has 1 unspecified atom stereocenters. The maximum absolute atomic E-state index is 12.2. The number of hydrogen-bond donors (Lipinski definition) is 1. The van der Waals surface area contributed by atoms with Crippen molar-refractivity contribution in [1.29, 1.82) is 0 Å². The van der Waals surface area contributed by atoms with E-state index in [0.29, 0.717) is 22.9 Å². The molecule has 1 aromatic carbocycles. The van der Waals surface area contributed by atoms with Crippen LogP contribution in [0.3, 0.4) is 0 Å². The lowest BCUT2D eigenvalue weighted by molar-refractivity contribution is 0.0938. The summed E-state index contributed by atoms with van der Waals surface area (Å²) >= 11 is 6.04. The summed E-state index contributed by atoms with van der Waals surface area (Å²) in [6.07, 6.45) is 3.73. The normalized spacial score (nSPS) is 20.0. The van der Waals surface area contributed by atoms with E-state index in [-0.39, 0.29) is 12.4 Å². The van der Waals surface area contributed by atoms with E-state index >= 15 is 0 Å². The van der Waals surface area contributed by atoms with Crippen LogP contribution in [0, 0.1) is 5.92 Å². The molecule has 0 radical (unpaired) electrons. The van der Waals surface area contributed by atoms with E-state index in [9.17, 15) is 4.79 Å². The number of piperidine rings is 1. The summed E-state index contributed by atoms with van der Waals surface area (Å²) in [4.78, 5) is 14.5. The minimum atomic E-state index is 0.111. The molecule has 1 aliphatic heterocycles. The highest BCUT2D eigenvalue weighted by atomic mass is 35.5. The Bertz CT molecular complexity index is 448. The molecule has 0 bridgehead atoms. The molecule has 1 aromatic rings. The fourth-order valence-corrected chi connectivity index (χ4v) is 3.10. The van der Waals surface area contributed by atoms with Crippen LogP contribution in [0.4, 0.5) is 0 Å². The fourth-order valence-electron chi connectivity index (χ4n) is 2.85. The van der Waals surface area contributed by atoms with Crippen molar-refractivity contribution in [3.63, 3.8) is 0 Å². The molecule has 0 aliphatic carbocycles. The van der Waals surface area contributed by atoms with Crippen LogP contribution < -0.4 is 0 Å². The van der Waals surface area contributed by atoms with Crippen LogP contribution in [-0.2, 0) is 0 Å². The van der Waals surface area contributed by atoms with Gasteiger partial charge in [-0.2, -0.15) is 0 Å². The summed E-state index contributed by atoms with van der Waals surface area (Å²) in [6, 6.07) is 7.23. The number of likely N-dealkylation sites (tertiary alicyclic amines) is 1. The SMILES string of the molecule is O=C(CCN1CCCC(CCO)C1)c1ccccc1Cl. The summed E-state index contributed by atoms with van der Waals surface area (Å²) in [7, 11) is 0. The molecule has 0 spiro atoms. The van der Waals surface area contributed by atoms with Gasteiger partial charge < -0.3 is 10.0 Å². The quantitative estimate of drug-likeness (QED) is 0.820. The Morgan fingerprint density at radius 1 is 1.40 bits per heavy atom. The molecule has 20 heavy (non-hydrogen) atoms. The fraction of sp³-hybridized carbons (Fsp3) is 0.562. The molecular weight excluding hydrogens is 274 g/mol. The Kier molecular flexibility index (Phi) is 6.02. The van der Waals surface area contributed by atoms with Crippen LogP contribution in [0.1, 0.15) is 36.0 Å². The number of nitrogens with zero attached hydrogens (tertiary/aromatic N) is 1. The van der Waals surface area contributed by atoms with Crippen molar-refractivity contribution in [1.82, 2.24) is 4.90 Å². The predicted molar refractivity (Wildman–Crippen MR) is 81.3 cm³/mol. The molecule has 110 valence electrons. The van der Waals surface area contributed by atoms with Gasteiger partial charge in [0.2, 0.25) is 0 Å². The van der Waals surface area contributed by atoms with Gasteiger partial charge in [0, 0.05) is 31.7 Å². The molecule has 1 saturated heterocycles. The maximum Gasteiger partial charge on any atom is 0.165 e. The van der Waals surface area contributed by atoms with Gasteiger partial charge >= 0.3 is 0 Å². The van der Waals surface area contributed by atoms with Crippen LogP contribution in [-0.4, -0.2) is 42.0 Å². The zero-order chi connectivity index (χ0) is 14.4. The molecule has 1 N–H and O–H groups in total. The second-order valence-electron chi connectivity index (χ2n) is 5.47. The number of carbonyl (C=O) groups is 1. The average Bonchev–Trinajstić information content (AvgIpc) is 2.46. The molecule has 0 aromatic heterocycles. The second-order valence-corrected chi connectivity index (χ2v) is 5.88. The Morgan fingerprint density at radius 3 is 2.95 bits per heavy atom. The minimum Gasteiger partial charge on any atom is -0.396 e. The summed E-state index contributed by atoms with van der Waals surface area (Å²) in [5.41, 5.74) is 0.623. The number of Topliss-reactive ketones (excluding diaryl/α,β-unsaturated/α-hetero) is 1. The zero-order valence-corrected chi connectivity index (χ0v) is 12.5. The highest BCUT2D eigenvalue weighted by Crippen LogP contribution is 2.21. The monoisotopic (exact) mass is 295 g/mol. The number of hydrogen-bond acceptors (Lipinski definition) is 3. The topological polar surface area (TPSA) is 40.5 Å². The van der Waals surface area contributed by atoms with Gasteiger partial charge in [-0.15, -0.1) is 0 Å². The van der Waals surface area contributed by atoms with Gasteiger partial charge in [-0.3, -0.25) is 4.79 Å². The predicted octanol–water partition coefficient (Wildman–Crippen LogP) is 3.01. The van der Waals surface area contributed by atoms with Crippen molar-refractivity contribution >= 4 is 17.4 Å². The lowest BCUT2D eigenvalue weighted by Gasteiger charge is -2.32. The number of aliphatic hydroxyl groups excluding tert-OH is 1. The van der Waals surface area contributed by atoms with E-state index in [1.807, 2.05) is 12.1 Å². The van der Waals surface area contributed by atoms with E-state index < -0.39 is 0 Å². The van der Waals surface area contributed by atoms with Gasteiger partial charge in [-0.1, -0.05) is 23.7 Å². The molecule has 0 saturated carbocycles. The number of carbonyl (C=O) groups excluding carboxylic acids is 1. The molecule has 1 atom stereocenters. The van der Waals surface area contributed by atoms with E-state index in [2.05, 4.69) is 4.90 Å². The third-order valence-electron chi connectivity index (χ3n) is 3.97. The molecular formula is C16H22ClNO2. The summed E-state index contributed by atoms with van der Waals surface area (Å²) in [5.74, 6) is 0.684. The first-order valence-electron chi connectivity index (χ1n) is 7.31. The molecule has 1 fully saturated rings. The molecule has 0 amide bonds. The Morgan fingerprint density at radius 2 is 2.20 bits per heavy atom. The number of benzene rings is 1. The summed E-state index contributed by atoms with van der Waals surface area (Å²) in [5, 5.41) is 9.55. The lowest BCUT2D eigenvalue weighted by atomic mass is 9.95. The average molecular weight is 296 g/mol. The van der Waals surface area contributed by atoms with Gasteiger partial charge in [0.25, 0.3) is 0 Å². The van der Waals surface area contributed by atoms with Gasteiger partial charge in [-0.05, 0) is 43.9 Å². The van der Waals surface area contributed by atoms with E-state index in [1.165, 1.54) is 6.42 Å². The molecule has 3 nitrogen and oxygen atoms in total. The highest BCUT2D eigenvalue weighted by Gasteiger charge is 2.20. The van der Waals surface area contributed by atoms with Crippen LogP contribution >= 0.6 is 11.6 Å². The summed E-state index contributed by atoms with van der Waals surface area (Å²) < 4.78 is 0. The van der Waals surface area contributed by atoms with E-state index in [4.69, 9.17) is 16.7 Å². The lowest BCUT2D eigenvalue weighted by Crippen LogP contribution is -2.37. The highest BCUT2D eigenvalue weighted by molar-refractivity contribution is 6.33. The Labute approximate surface area is 125 Å². The number of rotatable bonds is 6. The second kappa shape index (κ2) is 7.77. The smallest absolute Gasteiger partial charge is 0.165 e. The maximum atomic E-state index is 12.2. The number of aliphatic hydroxyl groups is 1. The zero-order valence-electron chi connectivity index (χ0n) is 11.7. The first kappa shape index (κ1) is 15.5. The van der Waals surface area contributed by atoms with Crippen molar-refractivity contribution < 1.29 is 9.90 Å². The molecule has 2 rings (SSSR count). The third kappa shape index (κ3) is 4.30. The van der Waals surface area contributed by atoms with Crippen molar-refractivity contribution in [2.75, 3.05) is 26.2 Å². The first-order valence-corrected chi connectivity index (χ1v) is 7.69. The largest absolute Gasteiger partial charge is 0.396 e. The van der Waals surface area contributed by atoms with Crippen LogP contribution in [0.5, 0.6) is 0 Å². The van der Waals surface area contributed by atoms with Crippen molar-refractivity contribution in [2.24, 2.45) is 5.92 Å². The van der Waals surface area contributed by atoms with Crippen LogP contribution in [0.2, 0.25) is 5.02 Å². The van der Waals surface area contributed by atoms with Gasteiger partial charge in [0.15, 0.2) is 5.78 Å². The van der Waals surface area contributed by atoms with Crippen molar-refractivity contribution in [3.05, 3.63) is 34.9 Å². The van der Waals surface area contributed by atoms with Crippen LogP contribution in [0.25, 0.3) is 0 Å².